The molecule has 3 heteroatoms. The third-order valence-electron chi connectivity index (χ3n) is 1.88. The van der Waals surface area contributed by atoms with Crippen LogP contribution in [0, 0.1) is 0 Å². The topological polar surface area (TPSA) is 20.5 Å². The van der Waals surface area contributed by atoms with Crippen molar-refractivity contribution in [3.8, 4) is 0 Å². The van der Waals surface area contributed by atoms with E-state index < -0.39 is 0 Å². The molecule has 62 valence electrons. The second-order valence-electron chi connectivity index (χ2n) is 2.96. The van der Waals surface area contributed by atoms with Crippen molar-refractivity contribution in [1.82, 2.24) is 9.38 Å². The van der Waals surface area contributed by atoms with Gasteiger partial charge in [-0.2, -0.15) is 0 Å². The molecule has 0 aliphatic rings. The zero-order chi connectivity index (χ0) is 8.55. The van der Waals surface area contributed by atoms with Gasteiger partial charge in [0.2, 0.25) is 0 Å². The number of hydrogen-bond acceptors (Lipinski definition) is 2. The SMILES string of the molecule is CN(C)c1cncc2cccn12. The quantitative estimate of drug-likeness (QED) is 0.630. The second kappa shape index (κ2) is 2.52. The molecule has 0 aromatic carbocycles. The van der Waals surface area contributed by atoms with Crippen molar-refractivity contribution in [3.63, 3.8) is 0 Å². The van der Waals surface area contributed by atoms with Crippen molar-refractivity contribution >= 4 is 11.3 Å². The largest absolute Gasteiger partial charge is 0.363 e. The summed E-state index contributed by atoms with van der Waals surface area (Å²) in [6, 6.07) is 4.06. The summed E-state index contributed by atoms with van der Waals surface area (Å²) < 4.78 is 2.10. The van der Waals surface area contributed by atoms with Crippen molar-refractivity contribution in [2.24, 2.45) is 0 Å². The Kier molecular flexibility index (Phi) is 1.50. The third kappa shape index (κ3) is 0.942. The molecule has 2 heterocycles. The minimum Gasteiger partial charge on any atom is -0.363 e. The van der Waals surface area contributed by atoms with Crippen LogP contribution in [0.2, 0.25) is 0 Å². The van der Waals surface area contributed by atoms with Gasteiger partial charge in [-0.15, -0.1) is 0 Å². The third-order valence-corrected chi connectivity index (χ3v) is 1.88. The van der Waals surface area contributed by atoms with Crippen LogP contribution < -0.4 is 4.90 Å². The predicted octanol–water partition coefficient (Wildman–Crippen LogP) is 1.40. The first-order valence-corrected chi connectivity index (χ1v) is 3.87. The van der Waals surface area contributed by atoms with Crippen LogP contribution in [-0.4, -0.2) is 23.5 Å². The molecule has 0 N–H and O–H groups in total. The maximum atomic E-state index is 4.14. The number of fused-ring (bicyclic) bond motifs is 1. The van der Waals surface area contributed by atoms with Gasteiger partial charge in [-0.05, 0) is 12.1 Å². The van der Waals surface area contributed by atoms with Crippen LogP contribution in [0.5, 0.6) is 0 Å². The zero-order valence-electron chi connectivity index (χ0n) is 7.23. The summed E-state index contributed by atoms with van der Waals surface area (Å²) in [6.07, 6.45) is 5.74. The minimum absolute atomic E-state index is 1.09. The highest BCUT2D eigenvalue weighted by atomic mass is 15.2. The van der Waals surface area contributed by atoms with Gasteiger partial charge >= 0.3 is 0 Å². The van der Waals surface area contributed by atoms with E-state index in [1.54, 1.807) is 0 Å². The fraction of sp³-hybridized carbons (Fsp3) is 0.222. The van der Waals surface area contributed by atoms with Crippen LogP contribution in [0.4, 0.5) is 5.82 Å². The summed E-state index contributed by atoms with van der Waals surface area (Å²) in [4.78, 5) is 6.19. The lowest BCUT2D eigenvalue weighted by atomic mass is 10.5. The summed E-state index contributed by atoms with van der Waals surface area (Å²) in [7, 11) is 4.02. The first-order chi connectivity index (χ1) is 5.79. The molecule has 0 spiro atoms. The number of rotatable bonds is 1. The van der Waals surface area contributed by atoms with Gasteiger partial charge in [0, 0.05) is 20.3 Å². The summed E-state index contributed by atoms with van der Waals surface area (Å²) in [5.74, 6) is 1.09. The lowest BCUT2D eigenvalue weighted by molar-refractivity contribution is 1.01. The normalized spacial score (nSPS) is 10.5. The highest BCUT2D eigenvalue weighted by Crippen LogP contribution is 2.12. The number of anilines is 1. The first-order valence-electron chi connectivity index (χ1n) is 3.87. The first kappa shape index (κ1) is 7.16. The van der Waals surface area contributed by atoms with Crippen LogP contribution in [0.15, 0.2) is 30.7 Å². The summed E-state index contributed by atoms with van der Waals surface area (Å²) in [6.45, 7) is 0. The molecule has 2 aromatic heterocycles. The van der Waals surface area contributed by atoms with E-state index in [4.69, 9.17) is 0 Å². The molecule has 0 amide bonds. The maximum absolute atomic E-state index is 4.14. The molecule has 2 rings (SSSR count). The fourth-order valence-electron chi connectivity index (χ4n) is 1.28. The van der Waals surface area contributed by atoms with E-state index in [1.807, 2.05) is 49.7 Å². The molecule has 0 unspecified atom stereocenters. The highest BCUT2D eigenvalue weighted by Gasteiger charge is 2.00. The molecule has 12 heavy (non-hydrogen) atoms. The molecular weight excluding hydrogens is 150 g/mol. The number of nitrogens with zero attached hydrogens (tertiary/aromatic N) is 3. The molecule has 0 radical (unpaired) electrons. The van der Waals surface area contributed by atoms with E-state index in [0.29, 0.717) is 0 Å². The number of aromatic nitrogens is 2. The molecule has 0 saturated heterocycles. The Morgan fingerprint density at radius 3 is 2.92 bits per heavy atom. The smallest absolute Gasteiger partial charge is 0.131 e. The van der Waals surface area contributed by atoms with Crippen molar-refractivity contribution in [3.05, 3.63) is 30.7 Å². The Morgan fingerprint density at radius 2 is 2.17 bits per heavy atom. The van der Waals surface area contributed by atoms with E-state index >= 15 is 0 Å². The molecule has 2 aromatic rings. The molecule has 0 saturated carbocycles. The van der Waals surface area contributed by atoms with Crippen LogP contribution in [0.25, 0.3) is 5.52 Å². The van der Waals surface area contributed by atoms with Gasteiger partial charge in [0.25, 0.3) is 0 Å². The van der Waals surface area contributed by atoms with E-state index in [1.165, 1.54) is 0 Å². The average molecular weight is 161 g/mol. The Balaban J connectivity index is 2.73. The Labute approximate surface area is 71.3 Å². The molecule has 0 atom stereocenters. The summed E-state index contributed by atoms with van der Waals surface area (Å²) in [5, 5.41) is 0. The van der Waals surface area contributed by atoms with Crippen molar-refractivity contribution in [2.75, 3.05) is 19.0 Å². The monoisotopic (exact) mass is 161 g/mol. The molecule has 0 aliphatic carbocycles. The van der Waals surface area contributed by atoms with Gasteiger partial charge in [-0.25, -0.2) is 0 Å². The lowest BCUT2D eigenvalue weighted by Gasteiger charge is -2.13. The molecular formula is C9H11N3. The number of hydrogen-bond donors (Lipinski definition) is 0. The van der Waals surface area contributed by atoms with Gasteiger partial charge in [0.15, 0.2) is 0 Å². The highest BCUT2D eigenvalue weighted by molar-refractivity contribution is 5.53. The van der Waals surface area contributed by atoms with Gasteiger partial charge in [0.1, 0.15) is 5.82 Å². The van der Waals surface area contributed by atoms with Gasteiger partial charge in [-0.1, -0.05) is 0 Å². The van der Waals surface area contributed by atoms with Crippen LogP contribution >= 0.6 is 0 Å². The maximum Gasteiger partial charge on any atom is 0.131 e. The Morgan fingerprint density at radius 1 is 1.33 bits per heavy atom. The van der Waals surface area contributed by atoms with Gasteiger partial charge in [0.05, 0.1) is 17.9 Å². The Bertz CT molecular complexity index is 389. The van der Waals surface area contributed by atoms with E-state index in [-0.39, 0.29) is 0 Å². The van der Waals surface area contributed by atoms with E-state index in [0.717, 1.165) is 11.3 Å². The predicted molar refractivity (Wildman–Crippen MR) is 49.5 cm³/mol. The van der Waals surface area contributed by atoms with Crippen LogP contribution in [0.3, 0.4) is 0 Å². The molecule has 0 aliphatic heterocycles. The average Bonchev–Trinajstić information content (AvgIpc) is 2.49. The summed E-state index contributed by atoms with van der Waals surface area (Å²) in [5.41, 5.74) is 1.13. The van der Waals surface area contributed by atoms with Crippen molar-refractivity contribution in [1.29, 1.82) is 0 Å². The Hall–Kier alpha value is -1.51. The molecule has 3 nitrogen and oxygen atoms in total. The van der Waals surface area contributed by atoms with Crippen LogP contribution in [0.1, 0.15) is 0 Å². The van der Waals surface area contributed by atoms with E-state index in [9.17, 15) is 0 Å². The lowest BCUT2D eigenvalue weighted by Crippen LogP contribution is -2.12. The van der Waals surface area contributed by atoms with Crippen molar-refractivity contribution in [2.45, 2.75) is 0 Å². The minimum atomic E-state index is 1.09. The summed E-state index contributed by atoms with van der Waals surface area (Å²) >= 11 is 0. The standard InChI is InChI=1S/C9H11N3/c1-11(2)9-7-10-6-8-4-3-5-12(8)9/h3-7H,1-2H3. The van der Waals surface area contributed by atoms with Crippen LogP contribution in [-0.2, 0) is 0 Å². The van der Waals surface area contributed by atoms with Gasteiger partial charge in [-0.3, -0.25) is 4.98 Å². The molecule has 0 bridgehead atoms. The fourth-order valence-corrected chi connectivity index (χ4v) is 1.28. The molecule has 0 fully saturated rings. The van der Waals surface area contributed by atoms with Gasteiger partial charge < -0.3 is 9.30 Å². The van der Waals surface area contributed by atoms with Crippen molar-refractivity contribution < 1.29 is 0 Å². The second-order valence-corrected chi connectivity index (χ2v) is 2.96. The van der Waals surface area contributed by atoms with E-state index in [2.05, 4.69) is 9.38 Å². The zero-order valence-corrected chi connectivity index (χ0v) is 7.23.